The van der Waals surface area contributed by atoms with Gasteiger partial charge in [0.15, 0.2) is 0 Å². The van der Waals surface area contributed by atoms with E-state index < -0.39 is 6.43 Å². The third-order valence-electron chi connectivity index (χ3n) is 1.51. The first-order valence-electron chi connectivity index (χ1n) is 3.60. The Labute approximate surface area is 81.5 Å². The first kappa shape index (κ1) is 12.3. The Hall–Kier alpha value is -0.680. The van der Waals surface area contributed by atoms with E-state index in [9.17, 15) is 8.78 Å². The van der Waals surface area contributed by atoms with Gasteiger partial charge in [-0.05, 0) is 7.05 Å². The molecule has 0 aliphatic carbocycles. The van der Waals surface area contributed by atoms with Crippen LogP contribution in [-0.4, -0.2) is 16.8 Å². The quantitative estimate of drug-likeness (QED) is 0.821. The maximum atomic E-state index is 12.3. The average molecular weight is 212 g/mol. The SMILES string of the molecule is CNCc1cn(C)nc1C(F)F.Cl. The summed E-state index contributed by atoms with van der Waals surface area (Å²) in [5.41, 5.74) is 0.418. The van der Waals surface area contributed by atoms with E-state index in [0.29, 0.717) is 12.1 Å². The first-order valence-corrected chi connectivity index (χ1v) is 3.60. The summed E-state index contributed by atoms with van der Waals surface area (Å²) in [6.45, 7) is 0.424. The molecule has 0 saturated carbocycles. The lowest BCUT2D eigenvalue weighted by Gasteiger charge is -1.98. The summed E-state index contributed by atoms with van der Waals surface area (Å²) in [7, 11) is 3.34. The summed E-state index contributed by atoms with van der Waals surface area (Å²) < 4.78 is 25.9. The van der Waals surface area contributed by atoms with Gasteiger partial charge in [-0.25, -0.2) is 8.78 Å². The molecule has 0 spiro atoms. The Morgan fingerprint density at radius 3 is 2.69 bits per heavy atom. The van der Waals surface area contributed by atoms with Gasteiger partial charge in [-0.1, -0.05) is 0 Å². The highest BCUT2D eigenvalue weighted by atomic mass is 35.5. The standard InChI is InChI=1S/C7H11F2N3.ClH/c1-10-3-5-4-12(2)11-6(5)7(8)9;/h4,7,10H,3H2,1-2H3;1H. The summed E-state index contributed by atoms with van der Waals surface area (Å²) in [4.78, 5) is 0. The maximum Gasteiger partial charge on any atom is 0.282 e. The summed E-state index contributed by atoms with van der Waals surface area (Å²) >= 11 is 0. The monoisotopic (exact) mass is 211 g/mol. The van der Waals surface area contributed by atoms with Gasteiger partial charge in [-0.3, -0.25) is 4.68 Å². The van der Waals surface area contributed by atoms with Crippen molar-refractivity contribution >= 4 is 12.4 Å². The molecule has 0 amide bonds. The molecule has 0 aliphatic rings. The zero-order chi connectivity index (χ0) is 9.14. The fourth-order valence-corrected chi connectivity index (χ4v) is 1.07. The Morgan fingerprint density at radius 1 is 1.62 bits per heavy atom. The van der Waals surface area contributed by atoms with Crippen molar-refractivity contribution in [2.45, 2.75) is 13.0 Å². The summed E-state index contributed by atoms with van der Waals surface area (Å²) in [5, 5.41) is 6.46. The van der Waals surface area contributed by atoms with Gasteiger partial charge in [-0.15, -0.1) is 12.4 Å². The summed E-state index contributed by atoms with van der Waals surface area (Å²) in [6.07, 6.45) is -0.896. The number of nitrogens with zero attached hydrogens (tertiary/aromatic N) is 2. The van der Waals surface area contributed by atoms with E-state index in [1.807, 2.05) is 0 Å². The molecule has 1 aromatic heterocycles. The molecule has 0 radical (unpaired) electrons. The summed E-state index contributed by atoms with van der Waals surface area (Å²) in [6, 6.07) is 0. The number of alkyl halides is 2. The lowest BCUT2D eigenvalue weighted by atomic mass is 10.2. The average Bonchev–Trinajstić information content (AvgIpc) is 2.32. The zero-order valence-electron chi connectivity index (χ0n) is 7.42. The second kappa shape index (κ2) is 5.14. The molecule has 6 heteroatoms. The number of aromatic nitrogens is 2. The Bertz CT molecular complexity index is 262. The molecular formula is C7H12ClF2N3. The second-order valence-corrected chi connectivity index (χ2v) is 2.54. The molecule has 0 fully saturated rings. The largest absolute Gasteiger partial charge is 0.316 e. The van der Waals surface area contributed by atoms with Crippen LogP contribution in [0.2, 0.25) is 0 Å². The molecule has 0 aliphatic heterocycles. The van der Waals surface area contributed by atoms with Gasteiger partial charge in [0.2, 0.25) is 0 Å². The Morgan fingerprint density at radius 2 is 2.23 bits per heavy atom. The van der Waals surface area contributed by atoms with Gasteiger partial charge in [-0.2, -0.15) is 5.10 Å². The number of aryl methyl sites for hydroxylation is 1. The van der Waals surface area contributed by atoms with Crippen LogP contribution in [0.3, 0.4) is 0 Å². The van der Waals surface area contributed by atoms with Crippen LogP contribution in [0.25, 0.3) is 0 Å². The molecule has 1 rings (SSSR count). The number of hydrogen-bond acceptors (Lipinski definition) is 2. The van der Waals surface area contributed by atoms with Crippen LogP contribution < -0.4 is 5.32 Å². The maximum absolute atomic E-state index is 12.3. The van der Waals surface area contributed by atoms with Crippen LogP contribution in [0.15, 0.2) is 6.20 Å². The van der Waals surface area contributed by atoms with Gasteiger partial charge >= 0.3 is 0 Å². The number of halogens is 3. The van der Waals surface area contributed by atoms with Gasteiger partial charge in [0.25, 0.3) is 6.43 Å². The number of rotatable bonds is 3. The minimum Gasteiger partial charge on any atom is -0.316 e. The number of nitrogens with one attached hydrogen (secondary N) is 1. The third-order valence-corrected chi connectivity index (χ3v) is 1.51. The minimum atomic E-state index is -2.49. The van der Waals surface area contributed by atoms with E-state index >= 15 is 0 Å². The zero-order valence-corrected chi connectivity index (χ0v) is 8.24. The molecule has 76 valence electrons. The van der Waals surface area contributed by atoms with E-state index in [4.69, 9.17) is 0 Å². The Balaban J connectivity index is 0.00000144. The van der Waals surface area contributed by atoms with Crippen LogP contribution in [0.4, 0.5) is 8.78 Å². The third kappa shape index (κ3) is 2.93. The molecule has 0 bridgehead atoms. The van der Waals surface area contributed by atoms with Crippen molar-refractivity contribution in [3.05, 3.63) is 17.5 Å². The molecule has 0 aromatic carbocycles. The van der Waals surface area contributed by atoms with Gasteiger partial charge in [0.05, 0.1) is 0 Å². The highest BCUT2D eigenvalue weighted by Gasteiger charge is 2.16. The molecule has 1 aromatic rings. The highest BCUT2D eigenvalue weighted by Crippen LogP contribution is 2.20. The van der Waals surface area contributed by atoms with Crippen molar-refractivity contribution < 1.29 is 8.78 Å². The van der Waals surface area contributed by atoms with Gasteiger partial charge in [0, 0.05) is 25.4 Å². The molecule has 1 N–H and O–H groups in total. The van der Waals surface area contributed by atoms with Gasteiger partial charge in [0.1, 0.15) is 5.69 Å². The van der Waals surface area contributed by atoms with Crippen LogP contribution in [0.5, 0.6) is 0 Å². The molecule has 0 saturated heterocycles. The van der Waals surface area contributed by atoms with E-state index in [2.05, 4.69) is 10.4 Å². The topological polar surface area (TPSA) is 29.9 Å². The van der Waals surface area contributed by atoms with Crippen molar-refractivity contribution in [1.29, 1.82) is 0 Å². The molecule has 0 atom stereocenters. The van der Waals surface area contributed by atoms with Gasteiger partial charge < -0.3 is 5.32 Å². The molecule has 3 nitrogen and oxygen atoms in total. The molecular weight excluding hydrogens is 200 g/mol. The normalized spacial score (nSPS) is 10.2. The van der Waals surface area contributed by atoms with Crippen molar-refractivity contribution in [2.75, 3.05) is 7.05 Å². The fraction of sp³-hybridized carbons (Fsp3) is 0.571. The van der Waals surface area contributed by atoms with E-state index in [1.54, 1.807) is 20.3 Å². The molecule has 1 heterocycles. The minimum absolute atomic E-state index is 0. The second-order valence-electron chi connectivity index (χ2n) is 2.54. The Kier molecular flexibility index (Phi) is 4.87. The van der Waals surface area contributed by atoms with Crippen molar-refractivity contribution in [2.24, 2.45) is 7.05 Å². The smallest absolute Gasteiger partial charge is 0.282 e. The summed E-state index contributed by atoms with van der Waals surface area (Å²) in [5.74, 6) is 0. The van der Waals surface area contributed by atoms with Crippen molar-refractivity contribution in [3.8, 4) is 0 Å². The van der Waals surface area contributed by atoms with Crippen molar-refractivity contribution in [3.63, 3.8) is 0 Å². The van der Waals surface area contributed by atoms with Crippen LogP contribution in [0, 0.1) is 0 Å². The lowest BCUT2D eigenvalue weighted by Crippen LogP contribution is -2.06. The first-order chi connectivity index (χ1) is 5.65. The number of hydrogen-bond donors (Lipinski definition) is 1. The predicted octanol–water partition coefficient (Wildman–Crippen LogP) is 1.50. The fourth-order valence-electron chi connectivity index (χ4n) is 1.07. The van der Waals surface area contributed by atoms with Crippen LogP contribution in [-0.2, 0) is 13.6 Å². The molecule has 0 unspecified atom stereocenters. The predicted molar refractivity (Wildman–Crippen MR) is 48.2 cm³/mol. The van der Waals surface area contributed by atoms with Crippen molar-refractivity contribution in [1.82, 2.24) is 15.1 Å². The van der Waals surface area contributed by atoms with E-state index in [1.165, 1.54) is 4.68 Å². The van der Waals surface area contributed by atoms with E-state index in [0.717, 1.165) is 0 Å². The molecule has 13 heavy (non-hydrogen) atoms. The van der Waals surface area contributed by atoms with Crippen LogP contribution in [0.1, 0.15) is 17.7 Å². The highest BCUT2D eigenvalue weighted by molar-refractivity contribution is 5.85. The van der Waals surface area contributed by atoms with Crippen LogP contribution >= 0.6 is 12.4 Å². The van der Waals surface area contributed by atoms with E-state index in [-0.39, 0.29) is 18.1 Å². The lowest BCUT2D eigenvalue weighted by molar-refractivity contribution is 0.144.